The quantitative estimate of drug-likeness (QED) is 0.861. The van der Waals surface area contributed by atoms with Crippen LogP contribution in [-0.4, -0.2) is 29.7 Å². The molecule has 0 aliphatic rings. The van der Waals surface area contributed by atoms with Crippen LogP contribution >= 0.6 is 0 Å². The molecular formula is C12H15FN2O3. The van der Waals surface area contributed by atoms with Crippen molar-refractivity contribution in [3.8, 4) is 0 Å². The van der Waals surface area contributed by atoms with Crippen molar-refractivity contribution in [3.63, 3.8) is 0 Å². The van der Waals surface area contributed by atoms with Gasteiger partial charge in [-0.05, 0) is 38.1 Å². The molecule has 0 bridgehead atoms. The zero-order valence-corrected chi connectivity index (χ0v) is 10.2. The van der Waals surface area contributed by atoms with Crippen LogP contribution in [0.2, 0.25) is 0 Å². The van der Waals surface area contributed by atoms with E-state index in [1.807, 2.05) is 0 Å². The number of carboxylic acid groups (broad SMARTS) is 1. The van der Waals surface area contributed by atoms with Crippen molar-refractivity contribution in [3.05, 3.63) is 30.1 Å². The van der Waals surface area contributed by atoms with Gasteiger partial charge in [0, 0.05) is 12.2 Å². The molecule has 0 fully saturated rings. The van der Waals surface area contributed by atoms with Crippen molar-refractivity contribution in [1.82, 2.24) is 5.32 Å². The highest BCUT2D eigenvalue weighted by atomic mass is 19.1. The maximum atomic E-state index is 12.8. The van der Waals surface area contributed by atoms with E-state index in [2.05, 4.69) is 5.32 Å². The largest absolute Gasteiger partial charge is 0.480 e. The molecule has 0 saturated carbocycles. The van der Waals surface area contributed by atoms with Gasteiger partial charge in [0.05, 0.1) is 0 Å². The number of carbonyl (C=O) groups is 2. The minimum Gasteiger partial charge on any atom is -0.480 e. The SMILES string of the molecule is CCN(C(=O)N[C@@H](C)C(=O)O)c1ccc(F)cc1. The lowest BCUT2D eigenvalue weighted by Crippen LogP contribution is -2.46. The minimum absolute atomic E-state index is 0.351. The summed E-state index contributed by atoms with van der Waals surface area (Å²) in [4.78, 5) is 23.8. The van der Waals surface area contributed by atoms with E-state index in [-0.39, 0.29) is 0 Å². The Kier molecular flexibility index (Phi) is 4.65. The Bertz CT molecular complexity index is 433. The normalized spacial score (nSPS) is 11.7. The third kappa shape index (κ3) is 3.44. The number of carbonyl (C=O) groups excluding carboxylic acids is 1. The topological polar surface area (TPSA) is 69.6 Å². The fraction of sp³-hybridized carbons (Fsp3) is 0.333. The third-order valence-corrected chi connectivity index (χ3v) is 2.41. The van der Waals surface area contributed by atoms with Crippen molar-refractivity contribution >= 4 is 17.7 Å². The first-order chi connectivity index (χ1) is 8.45. The number of amides is 2. The van der Waals surface area contributed by atoms with Crippen molar-refractivity contribution in [1.29, 1.82) is 0 Å². The number of nitrogens with one attached hydrogen (secondary N) is 1. The summed E-state index contributed by atoms with van der Waals surface area (Å²) in [6, 6.07) is 3.90. The van der Waals surface area contributed by atoms with Gasteiger partial charge in [-0.15, -0.1) is 0 Å². The highest BCUT2D eigenvalue weighted by Crippen LogP contribution is 2.14. The van der Waals surface area contributed by atoms with Gasteiger partial charge >= 0.3 is 12.0 Å². The van der Waals surface area contributed by atoms with Gasteiger partial charge in [-0.2, -0.15) is 0 Å². The number of urea groups is 1. The Hall–Kier alpha value is -2.11. The van der Waals surface area contributed by atoms with Crippen molar-refractivity contribution in [2.24, 2.45) is 0 Å². The molecule has 0 unspecified atom stereocenters. The molecule has 98 valence electrons. The number of anilines is 1. The fourth-order valence-electron chi connectivity index (χ4n) is 1.39. The molecular weight excluding hydrogens is 239 g/mol. The summed E-state index contributed by atoms with van der Waals surface area (Å²) >= 11 is 0. The second-order valence-corrected chi connectivity index (χ2v) is 3.73. The molecule has 2 N–H and O–H groups in total. The molecule has 0 aliphatic heterocycles. The van der Waals surface area contributed by atoms with E-state index in [1.54, 1.807) is 6.92 Å². The lowest BCUT2D eigenvalue weighted by molar-refractivity contribution is -0.138. The molecule has 2 amide bonds. The predicted molar refractivity (Wildman–Crippen MR) is 65.0 cm³/mol. The van der Waals surface area contributed by atoms with Gasteiger partial charge in [0.2, 0.25) is 0 Å². The van der Waals surface area contributed by atoms with Crippen molar-refractivity contribution in [2.45, 2.75) is 19.9 Å². The number of benzene rings is 1. The molecule has 5 nitrogen and oxygen atoms in total. The van der Waals surface area contributed by atoms with Crippen LogP contribution in [0, 0.1) is 5.82 Å². The van der Waals surface area contributed by atoms with Gasteiger partial charge in [0.15, 0.2) is 0 Å². The van der Waals surface area contributed by atoms with E-state index in [1.165, 1.54) is 36.1 Å². The highest BCUT2D eigenvalue weighted by molar-refractivity contribution is 5.94. The smallest absolute Gasteiger partial charge is 0.325 e. The van der Waals surface area contributed by atoms with Gasteiger partial charge in [0.25, 0.3) is 0 Å². The van der Waals surface area contributed by atoms with E-state index in [0.29, 0.717) is 12.2 Å². The highest BCUT2D eigenvalue weighted by Gasteiger charge is 2.19. The van der Waals surface area contributed by atoms with E-state index >= 15 is 0 Å². The van der Waals surface area contributed by atoms with Crippen molar-refractivity contribution in [2.75, 3.05) is 11.4 Å². The number of hydrogen-bond acceptors (Lipinski definition) is 2. The number of halogens is 1. The van der Waals surface area contributed by atoms with E-state index in [0.717, 1.165) is 0 Å². The second kappa shape index (κ2) is 6.00. The van der Waals surface area contributed by atoms with Crippen LogP contribution in [0.5, 0.6) is 0 Å². The number of aliphatic carboxylic acids is 1. The summed E-state index contributed by atoms with van der Waals surface area (Å²) in [5.41, 5.74) is 0.508. The first-order valence-electron chi connectivity index (χ1n) is 5.52. The minimum atomic E-state index is -1.11. The lowest BCUT2D eigenvalue weighted by Gasteiger charge is -2.22. The van der Waals surface area contributed by atoms with Gasteiger partial charge in [0.1, 0.15) is 11.9 Å². The van der Waals surface area contributed by atoms with Crippen LogP contribution in [0.3, 0.4) is 0 Å². The zero-order chi connectivity index (χ0) is 13.7. The van der Waals surface area contributed by atoms with Gasteiger partial charge < -0.3 is 10.4 Å². The monoisotopic (exact) mass is 254 g/mol. The van der Waals surface area contributed by atoms with E-state index < -0.39 is 23.9 Å². The molecule has 0 aromatic heterocycles. The average molecular weight is 254 g/mol. The summed E-state index contributed by atoms with van der Waals surface area (Å²) in [6.07, 6.45) is 0. The molecule has 6 heteroatoms. The average Bonchev–Trinajstić information content (AvgIpc) is 2.32. The number of nitrogens with zero attached hydrogens (tertiary/aromatic N) is 1. The number of carboxylic acids is 1. The van der Waals surface area contributed by atoms with Gasteiger partial charge in [-0.25, -0.2) is 9.18 Å². The second-order valence-electron chi connectivity index (χ2n) is 3.73. The van der Waals surface area contributed by atoms with Crippen LogP contribution in [-0.2, 0) is 4.79 Å². The van der Waals surface area contributed by atoms with Gasteiger partial charge in [-0.3, -0.25) is 9.69 Å². The van der Waals surface area contributed by atoms with Crippen LogP contribution < -0.4 is 10.2 Å². The Labute approximate surface area is 104 Å². The third-order valence-electron chi connectivity index (χ3n) is 2.41. The standard InChI is InChI=1S/C12H15FN2O3/c1-3-15(10-6-4-9(13)5-7-10)12(18)14-8(2)11(16)17/h4-8H,3H2,1-2H3,(H,14,18)(H,16,17)/t8-/m0/s1. The molecule has 0 heterocycles. The molecule has 0 saturated heterocycles. The summed E-state index contributed by atoms with van der Waals surface area (Å²) in [5, 5.41) is 11.0. The molecule has 1 aromatic carbocycles. The maximum absolute atomic E-state index is 12.8. The summed E-state index contributed by atoms with van der Waals surface area (Å²) in [5.74, 6) is -1.51. The Morgan fingerprint density at radius 2 is 1.94 bits per heavy atom. The summed E-state index contributed by atoms with van der Waals surface area (Å²) in [7, 11) is 0. The zero-order valence-electron chi connectivity index (χ0n) is 10.2. The summed E-state index contributed by atoms with van der Waals surface area (Å²) in [6.45, 7) is 3.47. The molecule has 0 aliphatic carbocycles. The molecule has 1 aromatic rings. The first-order valence-corrected chi connectivity index (χ1v) is 5.52. The lowest BCUT2D eigenvalue weighted by atomic mass is 10.3. The number of hydrogen-bond donors (Lipinski definition) is 2. The van der Waals surface area contributed by atoms with Crippen LogP contribution in [0.4, 0.5) is 14.9 Å². The van der Waals surface area contributed by atoms with Crippen LogP contribution in [0.1, 0.15) is 13.8 Å². The maximum Gasteiger partial charge on any atom is 0.325 e. The Balaban J connectivity index is 2.80. The molecule has 1 rings (SSSR count). The first kappa shape index (κ1) is 14.0. The van der Waals surface area contributed by atoms with Crippen LogP contribution in [0.25, 0.3) is 0 Å². The predicted octanol–water partition coefficient (Wildman–Crippen LogP) is 1.83. The van der Waals surface area contributed by atoms with E-state index in [4.69, 9.17) is 5.11 Å². The summed E-state index contributed by atoms with van der Waals surface area (Å²) < 4.78 is 12.8. The Morgan fingerprint density at radius 3 is 2.39 bits per heavy atom. The molecule has 1 atom stereocenters. The molecule has 0 spiro atoms. The van der Waals surface area contributed by atoms with Gasteiger partial charge in [-0.1, -0.05) is 0 Å². The fourth-order valence-corrected chi connectivity index (χ4v) is 1.39. The molecule has 18 heavy (non-hydrogen) atoms. The van der Waals surface area contributed by atoms with Crippen molar-refractivity contribution < 1.29 is 19.1 Å². The number of rotatable bonds is 4. The Morgan fingerprint density at radius 1 is 1.39 bits per heavy atom. The molecule has 0 radical (unpaired) electrons. The van der Waals surface area contributed by atoms with E-state index in [9.17, 15) is 14.0 Å². The van der Waals surface area contributed by atoms with Crippen LogP contribution in [0.15, 0.2) is 24.3 Å².